The molecule has 0 saturated carbocycles. The van der Waals surface area contributed by atoms with Gasteiger partial charge in [-0.15, -0.1) is 0 Å². The van der Waals surface area contributed by atoms with Crippen LogP contribution in [0.15, 0.2) is 18.5 Å². The highest BCUT2D eigenvalue weighted by Crippen LogP contribution is 2.30. The summed E-state index contributed by atoms with van der Waals surface area (Å²) in [5.74, 6) is -0.585. The van der Waals surface area contributed by atoms with Crippen molar-refractivity contribution in [3.63, 3.8) is 0 Å². The molecule has 0 radical (unpaired) electrons. The first-order valence-electron chi connectivity index (χ1n) is 6.37. The predicted octanol–water partition coefficient (Wildman–Crippen LogP) is 1.25. The molecular formula is C13H15N3O3. The van der Waals surface area contributed by atoms with Gasteiger partial charge in [-0.2, -0.15) is 5.10 Å². The van der Waals surface area contributed by atoms with Gasteiger partial charge < -0.3 is 9.84 Å². The molecule has 1 aliphatic heterocycles. The van der Waals surface area contributed by atoms with Gasteiger partial charge in [0.1, 0.15) is 0 Å². The number of fused-ring (bicyclic) bond motifs is 1. The maximum Gasteiger partial charge on any atom is 0.308 e. The third-order valence-electron chi connectivity index (χ3n) is 3.46. The van der Waals surface area contributed by atoms with Crippen LogP contribution in [-0.2, 0) is 16.0 Å². The summed E-state index contributed by atoms with van der Waals surface area (Å²) in [7, 11) is 0. The lowest BCUT2D eigenvalue weighted by atomic mass is 9.93. The third-order valence-corrected chi connectivity index (χ3v) is 3.46. The van der Waals surface area contributed by atoms with Crippen LogP contribution in [0.5, 0.6) is 0 Å². The summed E-state index contributed by atoms with van der Waals surface area (Å²) in [6.07, 6.45) is 5.20. The number of aliphatic carboxylic acids is 1. The first kappa shape index (κ1) is 12.1. The number of carbonyl (C=O) groups is 1. The van der Waals surface area contributed by atoms with Crippen molar-refractivity contribution in [1.29, 1.82) is 0 Å². The zero-order valence-corrected chi connectivity index (χ0v) is 10.5. The highest BCUT2D eigenvalue weighted by Gasteiger charge is 2.25. The van der Waals surface area contributed by atoms with Gasteiger partial charge in [-0.25, -0.2) is 9.50 Å². The molecule has 1 N–H and O–H groups in total. The molecule has 0 amide bonds. The summed E-state index contributed by atoms with van der Waals surface area (Å²) in [6, 6.07) is 1.79. The van der Waals surface area contributed by atoms with E-state index in [0.29, 0.717) is 18.9 Å². The van der Waals surface area contributed by atoms with Crippen LogP contribution in [-0.4, -0.2) is 38.9 Å². The van der Waals surface area contributed by atoms with Crippen LogP contribution in [0.1, 0.15) is 30.0 Å². The average Bonchev–Trinajstić information content (AvgIpc) is 2.78. The number of carboxylic acid groups (broad SMARTS) is 1. The summed E-state index contributed by atoms with van der Waals surface area (Å²) >= 11 is 0. The highest BCUT2D eigenvalue weighted by atomic mass is 16.5. The second-order valence-corrected chi connectivity index (χ2v) is 4.71. The smallest absolute Gasteiger partial charge is 0.308 e. The van der Waals surface area contributed by atoms with Gasteiger partial charge in [-0.1, -0.05) is 0 Å². The molecule has 100 valence electrons. The van der Waals surface area contributed by atoms with Crippen molar-refractivity contribution in [2.45, 2.75) is 25.2 Å². The lowest BCUT2D eigenvalue weighted by Gasteiger charge is -2.21. The van der Waals surface area contributed by atoms with Crippen molar-refractivity contribution < 1.29 is 14.6 Å². The Bertz CT molecular complexity index is 602. The molecule has 1 saturated heterocycles. The fourth-order valence-corrected chi connectivity index (χ4v) is 2.57. The summed E-state index contributed by atoms with van der Waals surface area (Å²) in [5.41, 5.74) is 2.25. The molecule has 6 nitrogen and oxygen atoms in total. The first-order valence-corrected chi connectivity index (χ1v) is 6.37. The molecule has 3 heterocycles. The molecule has 0 bridgehead atoms. The first-order chi connectivity index (χ1) is 9.25. The van der Waals surface area contributed by atoms with Gasteiger partial charge >= 0.3 is 5.97 Å². The van der Waals surface area contributed by atoms with Gasteiger partial charge in [-0.3, -0.25) is 4.79 Å². The monoisotopic (exact) mass is 261 g/mol. The van der Waals surface area contributed by atoms with Gasteiger partial charge in [0.05, 0.1) is 12.1 Å². The molecule has 3 rings (SSSR count). The van der Waals surface area contributed by atoms with Crippen molar-refractivity contribution in [2.24, 2.45) is 0 Å². The van der Waals surface area contributed by atoms with Crippen LogP contribution < -0.4 is 0 Å². The Kier molecular flexibility index (Phi) is 3.16. The molecule has 19 heavy (non-hydrogen) atoms. The topological polar surface area (TPSA) is 76.7 Å². The van der Waals surface area contributed by atoms with E-state index in [9.17, 15) is 4.79 Å². The third kappa shape index (κ3) is 2.31. The minimum Gasteiger partial charge on any atom is -0.481 e. The van der Waals surface area contributed by atoms with E-state index in [0.717, 1.165) is 24.1 Å². The number of nitrogens with zero attached hydrogens (tertiary/aromatic N) is 3. The number of aromatic nitrogens is 3. The molecule has 2 aromatic rings. The molecule has 0 aromatic carbocycles. The number of carboxylic acids is 1. The molecule has 0 atom stereocenters. The summed E-state index contributed by atoms with van der Waals surface area (Å²) in [4.78, 5) is 15.3. The van der Waals surface area contributed by atoms with Crippen molar-refractivity contribution in [3.05, 3.63) is 29.7 Å². The van der Waals surface area contributed by atoms with E-state index in [1.807, 2.05) is 0 Å². The Morgan fingerprint density at radius 3 is 3.00 bits per heavy atom. The van der Waals surface area contributed by atoms with E-state index in [2.05, 4.69) is 10.1 Å². The van der Waals surface area contributed by atoms with Crippen LogP contribution in [0.4, 0.5) is 0 Å². The van der Waals surface area contributed by atoms with E-state index >= 15 is 0 Å². The number of ether oxygens (including phenoxy) is 1. The normalized spacial score (nSPS) is 16.8. The van der Waals surface area contributed by atoms with E-state index < -0.39 is 5.97 Å². The Hall–Kier alpha value is -1.95. The average molecular weight is 261 g/mol. The SMILES string of the molecule is O=C(O)Cc1c(C2CCOCC2)nn2cccnc12. The molecule has 0 aliphatic carbocycles. The zero-order chi connectivity index (χ0) is 13.2. The molecule has 2 aromatic heterocycles. The molecular weight excluding hydrogens is 246 g/mol. The Balaban J connectivity index is 2.07. The van der Waals surface area contributed by atoms with Crippen LogP contribution in [0.3, 0.4) is 0 Å². The van der Waals surface area contributed by atoms with Crippen molar-refractivity contribution in [1.82, 2.24) is 14.6 Å². The lowest BCUT2D eigenvalue weighted by Crippen LogP contribution is -2.16. The molecule has 0 spiro atoms. The van der Waals surface area contributed by atoms with Crippen LogP contribution in [0.25, 0.3) is 5.65 Å². The standard InChI is InChI=1S/C13H15N3O3/c17-11(18)8-10-12(9-2-6-19-7-3-9)15-16-5-1-4-14-13(10)16/h1,4-5,9H,2-3,6-8H2,(H,17,18). The van der Waals surface area contributed by atoms with Crippen molar-refractivity contribution >= 4 is 11.6 Å². The van der Waals surface area contributed by atoms with E-state index in [4.69, 9.17) is 9.84 Å². The molecule has 1 fully saturated rings. The second kappa shape index (κ2) is 4.97. The highest BCUT2D eigenvalue weighted by molar-refractivity contribution is 5.74. The Morgan fingerprint density at radius 2 is 2.26 bits per heavy atom. The maximum absolute atomic E-state index is 11.1. The number of hydrogen-bond donors (Lipinski definition) is 1. The number of rotatable bonds is 3. The fraction of sp³-hybridized carbons (Fsp3) is 0.462. The van der Waals surface area contributed by atoms with Gasteiger partial charge in [0, 0.05) is 37.1 Å². The fourth-order valence-electron chi connectivity index (χ4n) is 2.57. The van der Waals surface area contributed by atoms with Crippen LogP contribution in [0, 0.1) is 0 Å². The van der Waals surface area contributed by atoms with Crippen molar-refractivity contribution in [3.8, 4) is 0 Å². The lowest BCUT2D eigenvalue weighted by molar-refractivity contribution is -0.136. The molecule has 1 aliphatic rings. The van der Waals surface area contributed by atoms with Gasteiger partial charge in [0.2, 0.25) is 0 Å². The van der Waals surface area contributed by atoms with E-state index in [-0.39, 0.29) is 12.3 Å². The second-order valence-electron chi connectivity index (χ2n) is 4.71. The Morgan fingerprint density at radius 1 is 1.47 bits per heavy atom. The minimum atomic E-state index is -0.853. The predicted molar refractivity (Wildman–Crippen MR) is 67.1 cm³/mol. The molecule has 0 unspecified atom stereocenters. The molecule has 6 heteroatoms. The quantitative estimate of drug-likeness (QED) is 0.899. The summed E-state index contributed by atoms with van der Waals surface area (Å²) < 4.78 is 7.02. The van der Waals surface area contributed by atoms with E-state index in [1.165, 1.54) is 0 Å². The largest absolute Gasteiger partial charge is 0.481 e. The maximum atomic E-state index is 11.1. The summed E-state index contributed by atoms with van der Waals surface area (Å²) in [6.45, 7) is 1.41. The van der Waals surface area contributed by atoms with Gasteiger partial charge in [-0.05, 0) is 18.9 Å². The van der Waals surface area contributed by atoms with Gasteiger partial charge in [0.25, 0.3) is 0 Å². The van der Waals surface area contributed by atoms with Crippen LogP contribution >= 0.6 is 0 Å². The van der Waals surface area contributed by atoms with E-state index in [1.54, 1.807) is 23.0 Å². The minimum absolute atomic E-state index is 0.0345. The van der Waals surface area contributed by atoms with Gasteiger partial charge in [0.15, 0.2) is 5.65 Å². The Labute approximate surface area is 110 Å². The van der Waals surface area contributed by atoms with Crippen LogP contribution in [0.2, 0.25) is 0 Å². The zero-order valence-electron chi connectivity index (χ0n) is 10.5. The number of hydrogen-bond acceptors (Lipinski definition) is 4. The van der Waals surface area contributed by atoms with Crippen molar-refractivity contribution in [2.75, 3.05) is 13.2 Å². The summed E-state index contributed by atoms with van der Waals surface area (Å²) in [5, 5.41) is 13.6.